The minimum Gasteiger partial charge on any atom is -0.481 e. The van der Waals surface area contributed by atoms with Crippen molar-refractivity contribution in [1.82, 2.24) is 4.98 Å². The topological polar surface area (TPSA) is 63.3 Å². The zero-order chi connectivity index (χ0) is 12.4. The fourth-order valence-electron chi connectivity index (χ4n) is 1.64. The van der Waals surface area contributed by atoms with E-state index in [1.807, 2.05) is 31.2 Å². The Labute approximate surface area is 98.9 Å². The normalized spacial score (nSPS) is 10.5. The second kappa shape index (κ2) is 4.41. The van der Waals surface area contributed by atoms with Crippen molar-refractivity contribution in [2.75, 3.05) is 0 Å². The zero-order valence-electron chi connectivity index (χ0n) is 9.73. The highest BCUT2D eigenvalue weighted by Gasteiger charge is 2.13. The predicted molar refractivity (Wildman–Crippen MR) is 62.8 cm³/mol. The first-order chi connectivity index (χ1) is 8.06. The number of aryl methyl sites for hydroxylation is 2. The maximum Gasteiger partial charge on any atom is 0.309 e. The van der Waals surface area contributed by atoms with Gasteiger partial charge in [0.05, 0.1) is 12.1 Å². The van der Waals surface area contributed by atoms with Crippen LogP contribution in [0.2, 0.25) is 0 Å². The Morgan fingerprint density at radius 3 is 2.82 bits per heavy atom. The van der Waals surface area contributed by atoms with Gasteiger partial charge in [0.1, 0.15) is 5.76 Å². The number of hydrogen-bond donors (Lipinski definition) is 1. The van der Waals surface area contributed by atoms with Crippen LogP contribution in [0.4, 0.5) is 0 Å². The summed E-state index contributed by atoms with van der Waals surface area (Å²) in [5.74, 6) is 0.128. The molecule has 0 unspecified atom stereocenters. The lowest BCUT2D eigenvalue weighted by Crippen LogP contribution is -2.01. The molecule has 4 nitrogen and oxygen atoms in total. The van der Waals surface area contributed by atoms with E-state index in [0.29, 0.717) is 17.3 Å². The quantitative estimate of drug-likeness (QED) is 0.881. The van der Waals surface area contributed by atoms with Gasteiger partial charge >= 0.3 is 5.97 Å². The second-order valence-electron chi connectivity index (χ2n) is 3.96. The maximum atomic E-state index is 10.6. The number of carbonyl (C=O) groups is 1. The van der Waals surface area contributed by atoms with Gasteiger partial charge in [-0.15, -0.1) is 0 Å². The van der Waals surface area contributed by atoms with E-state index in [-0.39, 0.29) is 6.42 Å². The molecule has 0 aliphatic heterocycles. The first kappa shape index (κ1) is 11.4. The average molecular weight is 231 g/mol. The molecule has 0 aliphatic carbocycles. The molecular formula is C13H13NO3. The smallest absolute Gasteiger partial charge is 0.309 e. The zero-order valence-corrected chi connectivity index (χ0v) is 9.73. The first-order valence-corrected chi connectivity index (χ1v) is 5.31. The molecule has 0 spiro atoms. The molecule has 0 bridgehead atoms. The van der Waals surface area contributed by atoms with Crippen molar-refractivity contribution >= 4 is 5.97 Å². The lowest BCUT2D eigenvalue weighted by atomic mass is 10.1. The van der Waals surface area contributed by atoms with Crippen LogP contribution in [0, 0.1) is 13.8 Å². The number of carboxylic acid groups (broad SMARTS) is 1. The molecule has 0 aliphatic rings. The lowest BCUT2D eigenvalue weighted by Gasteiger charge is -1.96. The molecule has 1 aromatic carbocycles. The van der Waals surface area contributed by atoms with Gasteiger partial charge in [-0.1, -0.05) is 17.7 Å². The second-order valence-corrected chi connectivity index (χ2v) is 3.96. The molecule has 0 radical (unpaired) electrons. The van der Waals surface area contributed by atoms with E-state index in [4.69, 9.17) is 9.52 Å². The van der Waals surface area contributed by atoms with E-state index >= 15 is 0 Å². The molecule has 1 aromatic heterocycles. The Morgan fingerprint density at radius 2 is 2.18 bits per heavy atom. The third kappa shape index (κ3) is 2.53. The van der Waals surface area contributed by atoms with Crippen LogP contribution in [-0.2, 0) is 11.2 Å². The Hall–Kier alpha value is -2.10. The summed E-state index contributed by atoms with van der Waals surface area (Å²) in [6.45, 7) is 3.71. The van der Waals surface area contributed by atoms with Crippen LogP contribution in [0.3, 0.4) is 0 Å². The number of nitrogens with zero attached hydrogens (tertiary/aromatic N) is 1. The Kier molecular flexibility index (Phi) is 2.95. The molecule has 1 heterocycles. The summed E-state index contributed by atoms with van der Waals surface area (Å²) in [5.41, 5.74) is 2.46. The van der Waals surface area contributed by atoms with E-state index in [1.54, 1.807) is 6.92 Å². The van der Waals surface area contributed by atoms with Crippen LogP contribution < -0.4 is 0 Å². The van der Waals surface area contributed by atoms with Gasteiger partial charge in [-0.25, -0.2) is 4.98 Å². The highest BCUT2D eigenvalue weighted by Crippen LogP contribution is 2.22. The summed E-state index contributed by atoms with van der Waals surface area (Å²) >= 11 is 0. The Bertz CT molecular complexity index is 558. The third-order valence-corrected chi connectivity index (χ3v) is 2.48. The van der Waals surface area contributed by atoms with Crippen molar-refractivity contribution < 1.29 is 14.3 Å². The lowest BCUT2D eigenvalue weighted by molar-refractivity contribution is -0.136. The van der Waals surface area contributed by atoms with E-state index < -0.39 is 5.97 Å². The standard InChI is InChI=1S/C13H13NO3/c1-8-4-3-5-10(6-8)13-14-11(7-12(15)16)9(2)17-13/h3-6H,7H2,1-2H3,(H,15,16). The fourth-order valence-corrected chi connectivity index (χ4v) is 1.64. The van der Waals surface area contributed by atoms with Gasteiger partial charge in [-0.05, 0) is 26.0 Å². The van der Waals surface area contributed by atoms with Crippen molar-refractivity contribution in [2.24, 2.45) is 0 Å². The van der Waals surface area contributed by atoms with Gasteiger partial charge in [-0.3, -0.25) is 4.79 Å². The molecule has 0 saturated heterocycles. The van der Waals surface area contributed by atoms with Gasteiger partial charge in [0.15, 0.2) is 0 Å². The molecule has 1 N–H and O–H groups in total. The summed E-state index contributed by atoms with van der Waals surface area (Å²) in [4.78, 5) is 14.9. The van der Waals surface area contributed by atoms with Crippen LogP contribution >= 0.6 is 0 Å². The number of hydrogen-bond acceptors (Lipinski definition) is 3. The van der Waals surface area contributed by atoms with Crippen LogP contribution in [-0.4, -0.2) is 16.1 Å². The van der Waals surface area contributed by atoms with E-state index in [0.717, 1.165) is 11.1 Å². The number of oxazole rings is 1. The monoisotopic (exact) mass is 231 g/mol. The van der Waals surface area contributed by atoms with Crippen molar-refractivity contribution in [3.8, 4) is 11.5 Å². The van der Waals surface area contributed by atoms with Crippen LogP contribution in [0.25, 0.3) is 11.5 Å². The fraction of sp³-hybridized carbons (Fsp3) is 0.231. The van der Waals surface area contributed by atoms with E-state index in [2.05, 4.69) is 4.98 Å². The summed E-state index contributed by atoms with van der Waals surface area (Å²) in [6.07, 6.45) is -0.110. The highest BCUT2D eigenvalue weighted by atomic mass is 16.4. The van der Waals surface area contributed by atoms with E-state index in [9.17, 15) is 4.79 Å². The van der Waals surface area contributed by atoms with Crippen molar-refractivity contribution in [2.45, 2.75) is 20.3 Å². The van der Waals surface area contributed by atoms with Gasteiger partial charge in [-0.2, -0.15) is 0 Å². The Morgan fingerprint density at radius 1 is 1.41 bits per heavy atom. The molecule has 0 fully saturated rings. The molecule has 0 amide bonds. The third-order valence-electron chi connectivity index (χ3n) is 2.48. The van der Waals surface area contributed by atoms with Gasteiger partial charge < -0.3 is 9.52 Å². The molecule has 0 atom stereocenters. The van der Waals surface area contributed by atoms with Crippen molar-refractivity contribution in [1.29, 1.82) is 0 Å². The van der Waals surface area contributed by atoms with Crippen LogP contribution in [0.15, 0.2) is 28.7 Å². The largest absolute Gasteiger partial charge is 0.481 e. The SMILES string of the molecule is Cc1cccc(-c2nc(CC(=O)O)c(C)o2)c1. The molecule has 0 saturated carbocycles. The summed E-state index contributed by atoms with van der Waals surface area (Å²) in [6, 6.07) is 7.75. The average Bonchev–Trinajstić information content (AvgIpc) is 2.59. The van der Waals surface area contributed by atoms with Gasteiger partial charge in [0.25, 0.3) is 0 Å². The molecule has 17 heavy (non-hydrogen) atoms. The summed E-state index contributed by atoms with van der Waals surface area (Å²) in [7, 11) is 0. The predicted octanol–water partition coefficient (Wildman–Crippen LogP) is 2.59. The number of carboxylic acids is 1. The molecule has 2 aromatic rings. The Balaban J connectivity index is 2.37. The molecule has 88 valence electrons. The summed E-state index contributed by atoms with van der Waals surface area (Å²) < 4.78 is 5.48. The van der Waals surface area contributed by atoms with E-state index in [1.165, 1.54) is 0 Å². The first-order valence-electron chi connectivity index (χ1n) is 5.31. The number of rotatable bonds is 3. The number of aromatic nitrogens is 1. The van der Waals surface area contributed by atoms with Crippen LogP contribution in [0.5, 0.6) is 0 Å². The molecule has 4 heteroatoms. The van der Waals surface area contributed by atoms with Gasteiger partial charge in [0.2, 0.25) is 5.89 Å². The van der Waals surface area contributed by atoms with Gasteiger partial charge in [0, 0.05) is 5.56 Å². The van der Waals surface area contributed by atoms with Crippen LogP contribution in [0.1, 0.15) is 17.0 Å². The maximum absolute atomic E-state index is 10.6. The number of aliphatic carboxylic acids is 1. The minimum atomic E-state index is -0.905. The minimum absolute atomic E-state index is 0.110. The molecular weight excluding hydrogens is 218 g/mol. The molecule has 2 rings (SSSR count). The van der Waals surface area contributed by atoms with Crippen molar-refractivity contribution in [3.63, 3.8) is 0 Å². The summed E-state index contributed by atoms with van der Waals surface area (Å²) in [5, 5.41) is 8.73. The van der Waals surface area contributed by atoms with Crippen molar-refractivity contribution in [3.05, 3.63) is 41.3 Å². The number of benzene rings is 1. The highest BCUT2D eigenvalue weighted by molar-refractivity contribution is 5.70.